The van der Waals surface area contributed by atoms with E-state index in [4.69, 9.17) is 0 Å². The zero-order valence-electron chi connectivity index (χ0n) is 14.2. The normalized spacial score (nSPS) is 12.6. The summed E-state index contributed by atoms with van der Waals surface area (Å²) in [6.45, 7) is 2.86. The molecule has 2 aromatic rings. The van der Waals surface area contributed by atoms with Crippen LogP contribution in [-0.4, -0.2) is 23.9 Å². The number of halogens is 6. The van der Waals surface area contributed by atoms with E-state index < -0.39 is 29.7 Å². The van der Waals surface area contributed by atoms with E-state index in [1.54, 1.807) is 0 Å². The molecular weight excluding hydrogens is 376 g/mol. The number of pyridine rings is 1. The van der Waals surface area contributed by atoms with Crippen LogP contribution in [0.25, 0.3) is 0 Å². The van der Waals surface area contributed by atoms with E-state index in [1.807, 2.05) is 0 Å². The monoisotopic (exact) mass is 392 g/mol. The number of H-pyrrole nitrogens is 1. The van der Waals surface area contributed by atoms with Gasteiger partial charge in [0, 0.05) is 11.6 Å². The molecule has 0 fully saturated rings. The topological polar surface area (TPSA) is 55.3 Å². The van der Waals surface area contributed by atoms with Crippen molar-refractivity contribution in [2.75, 3.05) is 5.32 Å². The molecule has 146 valence electrons. The molecule has 0 unspecified atom stereocenters. The number of nitrogens with one attached hydrogen (secondary N) is 3. The quantitative estimate of drug-likeness (QED) is 0.615. The summed E-state index contributed by atoms with van der Waals surface area (Å²) in [7, 11) is 0. The Labute approximate surface area is 150 Å². The van der Waals surface area contributed by atoms with Crippen LogP contribution >= 0.6 is 0 Å². The zero-order valence-corrected chi connectivity index (χ0v) is 14.2. The van der Waals surface area contributed by atoms with Gasteiger partial charge in [0.2, 0.25) is 0 Å². The van der Waals surface area contributed by atoms with Crippen molar-refractivity contribution < 1.29 is 36.1 Å². The first kappa shape index (κ1) is 20.5. The lowest BCUT2D eigenvalue weighted by Crippen LogP contribution is -2.72. The Bertz CT molecular complexity index is 818. The van der Waals surface area contributed by atoms with Gasteiger partial charge in [-0.15, -0.1) is 0 Å². The lowest BCUT2D eigenvalue weighted by molar-refractivity contribution is -0.376. The number of carbonyl (C=O) groups excluding carboxylic acids is 1. The van der Waals surface area contributed by atoms with Crippen molar-refractivity contribution in [1.29, 1.82) is 0 Å². The fourth-order valence-electron chi connectivity index (χ4n) is 2.40. The lowest BCUT2D eigenvalue weighted by Gasteiger charge is -2.34. The third-order valence-corrected chi connectivity index (χ3v) is 3.80. The minimum atomic E-state index is -5.89. The molecule has 3 N–H and O–H groups in total. The van der Waals surface area contributed by atoms with Crippen molar-refractivity contribution in [2.45, 2.75) is 31.9 Å². The highest BCUT2D eigenvalue weighted by atomic mass is 19.4. The second-order valence-electron chi connectivity index (χ2n) is 5.89. The van der Waals surface area contributed by atoms with Crippen LogP contribution < -0.4 is 15.6 Å². The average molecular weight is 392 g/mol. The Balaban J connectivity index is 2.55. The molecule has 0 spiro atoms. The molecule has 0 saturated carbocycles. The number of carbonyl (C=O) groups is 1. The Hall–Kier alpha value is -2.78. The number of rotatable bonds is 4. The second-order valence-corrected chi connectivity index (χ2v) is 5.89. The number of aryl methyl sites for hydroxylation is 2. The zero-order chi connectivity index (χ0) is 20.5. The van der Waals surface area contributed by atoms with Crippen molar-refractivity contribution >= 4 is 11.7 Å². The number of anilines is 1. The molecule has 0 bridgehead atoms. The highest BCUT2D eigenvalue weighted by molar-refractivity contribution is 5.96. The molecule has 0 aliphatic heterocycles. The highest BCUT2D eigenvalue weighted by Crippen LogP contribution is 2.43. The largest absolute Gasteiger partial charge is 0.462 e. The number of aromatic amines is 1. The van der Waals surface area contributed by atoms with E-state index in [9.17, 15) is 31.1 Å². The predicted molar refractivity (Wildman–Crippen MR) is 84.8 cm³/mol. The molecule has 0 atom stereocenters. The van der Waals surface area contributed by atoms with Crippen molar-refractivity contribution in [3.8, 4) is 0 Å². The minimum Gasteiger partial charge on any atom is -0.296 e. The molecule has 4 nitrogen and oxygen atoms in total. The summed E-state index contributed by atoms with van der Waals surface area (Å²) in [5.41, 5.74) is -4.44. The fourth-order valence-corrected chi connectivity index (χ4v) is 2.40. The number of amides is 1. The number of hydrogen-bond acceptors (Lipinski definition) is 2. The van der Waals surface area contributed by atoms with Crippen molar-refractivity contribution in [3.63, 3.8) is 0 Å². The summed E-state index contributed by atoms with van der Waals surface area (Å²) in [5.74, 6) is -2.07. The van der Waals surface area contributed by atoms with Crippen LogP contribution in [0.2, 0.25) is 0 Å². The third kappa shape index (κ3) is 4.15. The molecule has 1 heterocycles. The van der Waals surface area contributed by atoms with Gasteiger partial charge in [0.15, 0.2) is 0 Å². The van der Waals surface area contributed by atoms with Crippen LogP contribution in [0.1, 0.15) is 21.6 Å². The predicted octanol–water partition coefficient (Wildman–Crippen LogP) is 3.78. The molecule has 1 aromatic heterocycles. The van der Waals surface area contributed by atoms with E-state index in [0.717, 1.165) is 17.4 Å². The maximum atomic E-state index is 13.6. The van der Waals surface area contributed by atoms with Gasteiger partial charge in [-0.25, -0.2) is 10.3 Å². The van der Waals surface area contributed by atoms with Crippen molar-refractivity contribution in [3.05, 3.63) is 59.3 Å². The standard InChI is InChI=1S/C17H15F6N3O/c1-10-6-3-4-8-12(10)14(27)26-15(16(18,19)20,17(21,22)23)25-13-9-5-7-11(2)24-13/h3-9H,1-2H3,(H,24,25)(H,26,27)/p+1. The highest BCUT2D eigenvalue weighted by Gasteiger charge is 2.76. The van der Waals surface area contributed by atoms with Gasteiger partial charge in [0.05, 0.1) is 5.69 Å². The Morgan fingerprint density at radius 2 is 1.48 bits per heavy atom. The molecule has 10 heteroatoms. The van der Waals surface area contributed by atoms with Gasteiger partial charge < -0.3 is 0 Å². The molecule has 0 saturated heterocycles. The lowest BCUT2D eigenvalue weighted by atomic mass is 10.0. The van der Waals surface area contributed by atoms with Crippen molar-refractivity contribution in [1.82, 2.24) is 5.32 Å². The van der Waals surface area contributed by atoms with E-state index >= 15 is 0 Å². The molecule has 0 radical (unpaired) electrons. The molecular formula is C17H16F6N3O+. The Morgan fingerprint density at radius 3 is 2.00 bits per heavy atom. The SMILES string of the molecule is Cc1cccc(NC(NC(=O)c2ccccc2C)(C(F)(F)F)C(F)(F)F)[nH+]1. The molecule has 27 heavy (non-hydrogen) atoms. The molecule has 0 aliphatic rings. The van der Waals surface area contributed by atoms with Crippen LogP contribution in [0.3, 0.4) is 0 Å². The summed E-state index contributed by atoms with van der Waals surface area (Å²) in [5, 5.41) is 2.51. The van der Waals surface area contributed by atoms with Gasteiger partial charge >= 0.3 is 18.0 Å². The molecule has 2 rings (SSSR count). The van der Waals surface area contributed by atoms with Crippen molar-refractivity contribution in [2.24, 2.45) is 0 Å². The summed E-state index contributed by atoms with van der Waals surface area (Å²) >= 11 is 0. The van der Waals surface area contributed by atoms with Crippen LogP contribution in [0.15, 0.2) is 42.5 Å². The van der Waals surface area contributed by atoms with Gasteiger partial charge in [-0.3, -0.25) is 10.1 Å². The summed E-state index contributed by atoms with van der Waals surface area (Å²) in [6, 6.07) is 9.12. The Kier molecular flexibility index (Phi) is 5.39. The van der Waals surface area contributed by atoms with Crippen LogP contribution in [-0.2, 0) is 0 Å². The second kappa shape index (κ2) is 7.09. The molecule has 1 amide bonds. The van der Waals surface area contributed by atoms with Gasteiger partial charge in [-0.05, 0) is 31.5 Å². The average Bonchev–Trinajstić information content (AvgIpc) is 2.52. The van der Waals surface area contributed by atoms with Gasteiger partial charge in [-0.2, -0.15) is 26.3 Å². The first-order chi connectivity index (χ1) is 12.4. The van der Waals surface area contributed by atoms with Gasteiger partial charge in [0.1, 0.15) is 0 Å². The van der Waals surface area contributed by atoms with E-state index in [0.29, 0.717) is 5.69 Å². The first-order valence-electron chi connectivity index (χ1n) is 7.66. The Morgan fingerprint density at radius 1 is 0.889 bits per heavy atom. The fraction of sp³-hybridized carbons (Fsp3) is 0.294. The van der Waals surface area contributed by atoms with Crippen LogP contribution in [0, 0.1) is 13.8 Å². The number of benzene rings is 1. The van der Waals surface area contributed by atoms with E-state index in [1.165, 1.54) is 49.5 Å². The van der Waals surface area contributed by atoms with E-state index in [2.05, 4.69) is 4.98 Å². The minimum absolute atomic E-state index is 0.232. The number of aromatic nitrogens is 1. The molecule has 1 aromatic carbocycles. The van der Waals surface area contributed by atoms with Gasteiger partial charge in [0.25, 0.3) is 11.7 Å². The maximum absolute atomic E-state index is 13.6. The summed E-state index contributed by atoms with van der Waals surface area (Å²) in [6.07, 6.45) is -11.8. The summed E-state index contributed by atoms with van der Waals surface area (Å²) in [4.78, 5) is 14.6. The smallest absolute Gasteiger partial charge is 0.296 e. The maximum Gasteiger partial charge on any atom is 0.462 e. The number of alkyl halides is 6. The number of hydrogen-bond donors (Lipinski definition) is 2. The third-order valence-electron chi connectivity index (χ3n) is 3.80. The molecule has 0 aliphatic carbocycles. The van der Waals surface area contributed by atoms with Crippen LogP contribution in [0.4, 0.5) is 32.2 Å². The van der Waals surface area contributed by atoms with E-state index in [-0.39, 0.29) is 11.1 Å². The van der Waals surface area contributed by atoms with Crippen LogP contribution in [0.5, 0.6) is 0 Å². The first-order valence-corrected chi connectivity index (χ1v) is 7.66. The summed E-state index contributed by atoms with van der Waals surface area (Å²) < 4.78 is 81.7. The van der Waals surface area contributed by atoms with Gasteiger partial charge in [-0.1, -0.05) is 24.3 Å².